The molecule has 3 nitrogen and oxygen atoms in total. The lowest BCUT2D eigenvalue weighted by atomic mass is 9.93. The molecule has 0 amide bonds. The average molecular weight is 237 g/mol. The van der Waals surface area contributed by atoms with E-state index in [0.29, 0.717) is 5.92 Å². The number of para-hydroxylation sites is 1. The number of halogens is 1. The second kappa shape index (κ2) is 4.73. The fourth-order valence-electron chi connectivity index (χ4n) is 2.35. The third-order valence-electron chi connectivity index (χ3n) is 3.19. The summed E-state index contributed by atoms with van der Waals surface area (Å²) in [6.45, 7) is 3.64. The highest BCUT2D eigenvalue weighted by Gasteiger charge is 2.30. The third-order valence-corrected chi connectivity index (χ3v) is 3.19. The van der Waals surface area contributed by atoms with Crippen LogP contribution in [0.3, 0.4) is 0 Å². The van der Waals surface area contributed by atoms with Crippen LogP contribution >= 0.6 is 0 Å². The topological polar surface area (TPSA) is 40.5 Å². The van der Waals surface area contributed by atoms with Crippen LogP contribution in [0.15, 0.2) is 18.2 Å². The third kappa shape index (κ3) is 2.25. The molecule has 0 atom stereocenters. The summed E-state index contributed by atoms with van der Waals surface area (Å²) in [7, 11) is 0. The zero-order valence-electron chi connectivity index (χ0n) is 9.82. The second-order valence-corrected chi connectivity index (χ2v) is 4.50. The van der Waals surface area contributed by atoms with Crippen LogP contribution in [0.1, 0.15) is 30.1 Å². The Labute approximate surface area is 99.9 Å². The minimum absolute atomic E-state index is 0.0555. The fraction of sp³-hybridized carbons (Fsp3) is 0.462. The number of benzene rings is 1. The van der Waals surface area contributed by atoms with Gasteiger partial charge in [0.15, 0.2) is 0 Å². The molecule has 1 aliphatic rings. The Hall–Kier alpha value is -1.58. The molecule has 1 saturated heterocycles. The van der Waals surface area contributed by atoms with E-state index in [0.717, 1.165) is 25.9 Å². The summed E-state index contributed by atoms with van der Waals surface area (Å²) in [4.78, 5) is 12.9. The van der Waals surface area contributed by atoms with E-state index in [-0.39, 0.29) is 11.3 Å². The van der Waals surface area contributed by atoms with Crippen LogP contribution in [0.5, 0.6) is 0 Å². The summed E-state index contributed by atoms with van der Waals surface area (Å²) in [6.07, 6.45) is 2.23. The Morgan fingerprint density at radius 1 is 1.53 bits per heavy atom. The maximum Gasteiger partial charge on any atom is 0.337 e. The summed E-state index contributed by atoms with van der Waals surface area (Å²) in [5.41, 5.74) is 0.298. The standard InChI is InChI=1S/C13H16FNO2/c1-2-4-9-7-15(8-9)12-10(13(16)17)5-3-6-11(12)14/h3,5-6,9H,2,4,7-8H2,1H3,(H,16,17). The number of carbonyl (C=O) groups is 1. The molecule has 1 N–H and O–H groups in total. The fourth-order valence-corrected chi connectivity index (χ4v) is 2.35. The highest BCUT2D eigenvalue weighted by Crippen LogP contribution is 2.32. The Balaban J connectivity index is 2.19. The van der Waals surface area contributed by atoms with Crippen molar-refractivity contribution in [2.24, 2.45) is 5.92 Å². The van der Waals surface area contributed by atoms with E-state index in [4.69, 9.17) is 5.11 Å². The molecule has 1 aromatic carbocycles. The molecule has 1 fully saturated rings. The lowest BCUT2D eigenvalue weighted by Crippen LogP contribution is -2.47. The number of aromatic carboxylic acids is 1. The van der Waals surface area contributed by atoms with Gasteiger partial charge in [-0.1, -0.05) is 19.4 Å². The van der Waals surface area contributed by atoms with Gasteiger partial charge in [-0.05, 0) is 24.5 Å². The smallest absolute Gasteiger partial charge is 0.337 e. The molecule has 1 aliphatic heterocycles. The van der Waals surface area contributed by atoms with E-state index < -0.39 is 11.8 Å². The molecule has 0 radical (unpaired) electrons. The number of carboxylic acids is 1. The zero-order valence-corrected chi connectivity index (χ0v) is 9.82. The molecule has 92 valence electrons. The van der Waals surface area contributed by atoms with E-state index in [9.17, 15) is 9.18 Å². The van der Waals surface area contributed by atoms with Crippen molar-refractivity contribution in [2.75, 3.05) is 18.0 Å². The van der Waals surface area contributed by atoms with Gasteiger partial charge in [-0.3, -0.25) is 0 Å². The number of rotatable bonds is 4. The number of hydrogen-bond acceptors (Lipinski definition) is 2. The highest BCUT2D eigenvalue weighted by molar-refractivity contribution is 5.94. The summed E-state index contributed by atoms with van der Waals surface area (Å²) in [5, 5.41) is 9.03. The van der Waals surface area contributed by atoms with Gasteiger partial charge in [0.2, 0.25) is 0 Å². The van der Waals surface area contributed by atoms with Crippen molar-refractivity contribution < 1.29 is 14.3 Å². The molecular formula is C13H16FNO2. The monoisotopic (exact) mass is 237 g/mol. The van der Waals surface area contributed by atoms with Crippen LogP contribution in [0.2, 0.25) is 0 Å². The predicted molar refractivity (Wildman–Crippen MR) is 64.0 cm³/mol. The van der Waals surface area contributed by atoms with Gasteiger partial charge in [0.05, 0.1) is 11.3 Å². The first-order valence-corrected chi connectivity index (χ1v) is 5.90. The van der Waals surface area contributed by atoms with Gasteiger partial charge in [-0.15, -0.1) is 0 Å². The Morgan fingerprint density at radius 2 is 2.24 bits per heavy atom. The molecule has 4 heteroatoms. The van der Waals surface area contributed by atoms with Crippen molar-refractivity contribution in [3.63, 3.8) is 0 Å². The molecular weight excluding hydrogens is 221 g/mol. The van der Waals surface area contributed by atoms with Crippen molar-refractivity contribution in [1.29, 1.82) is 0 Å². The molecule has 0 bridgehead atoms. The summed E-state index contributed by atoms with van der Waals surface area (Å²) < 4.78 is 13.7. The molecule has 1 heterocycles. The molecule has 0 saturated carbocycles. The van der Waals surface area contributed by atoms with Crippen molar-refractivity contribution in [1.82, 2.24) is 0 Å². The maximum absolute atomic E-state index is 13.7. The Morgan fingerprint density at radius 3 is 2.82 bits per heavy atom. The SMILES string of the molecule is CCCC1CN(c2c(F)cccc2C(=O)O)C1. The van der Waals surface area contributed by atoms with E-state index >= 15 is 0 Å². The Kier molecular flexibility index (Phi) is 3.31. The number of anilines is 1. The predicted octanol–water partition coefficient (Wildman–Crippen LogP) is 2.76. The van der Waals surface area contributed by atoms with Crippen molar-refractivity contribution >= 4 is 11.7 Å². The second-order valence-electron chi connectivity index (χ2n) is 4.50. The van der Waals surface area contributed by atoms with E-state index in [1.807, 2.05) is 4.90 Å². The lowest BCUT2D eigenvalue weighted by Gasteiger charge is -2.41. The number of carboxylic acid groups (broad SMARTS) is 1. The number of hydrogen-bond donors (Lipinski definition) is 1. The Bertz CT molecular complexity index is 427. The molecule has 0 spiro atoms. The largest absolute Gasteiger partial charge is 0.478 e. The van der Waals surface area contributed by atoms with Gasteiger partial charge in [0.1, 0.15) is 5.82 Å². The van der Waals surface area contributed by atoms with Crippen molar-refractivity contribution in [2.45, 2.75) is 19.8 Å². The minimum atomic E-state index is -1.07. The normalized spacial score (nSPS) is 15.8. The molecule has 0 aromatic heterocycles. The van der Waals surface area contributed by atoms with Crippen LogP contribution in [-0.2, 0) is 0 Å². The van der Waals surface area contributed by atoms with Gasteiger partial charge in [0, 0.05) is 13.1 Å². The quantitative estimate of drug-likeness (QED) is 0.875. The van der Waals surface area contributed by atoms with Crippen LogP contribution in [0.4, 0.5) is 10.1 Å². The molecule has 0 unspecified atom stereocenters. The highest BCUT2D eigenvalue weighted by atomic mass is 19.1. The van der Waals surface area contributed by atoms with Gasteiger partial charge in [-0.2, -0.15) is 0 Å². The van der Waals surface area contributed by atoms with Crippen molar-refractivity contribution in [3.05, 3.63) is 29.6 Å². The van der Waals surface area contributed by atoms with Crippen LogP contribution < -0.4 is 4.90 Å². The lowest BCUT2D eigenvalue weighted by molar-refractivity contribution is 0.0696. The minimum Gasteiger partial charge on any atom is -0.478 e. The van der Waals surface area contributed by atoms with Gasteiger partial charge < -0.3 is 10.0 Å². The van der Waals surface area contributed by atoms with E-state index in [1.165, 1.54) is 18.2 Å². The first-order valence-electron chi connectivity index (χ1n) is 5.90. The van der Waals surface area contributed by atoms with Gasteiger partial charge >= 0.3 is 5.97 Å². The van der Waals surface area contributed by atoms with Gasteiger partial charge in [0.25, 0.3) is 0 Å². The van der Waals surface area contributed by atoms with E-state index in [1.54, 1.807) is 0 Å². The van der Waals surface area contributed by atoms with Crippen LogP contribution in [-0.4, -0.2) is 24.2 Å². The summed E-state index contributed by atoms with van der Waals surface area (Å²) in [6, 6.07) is 4.20. The maximum atomic E-state index is 13.7. The summed E-state index contributed by atoms with van der Waals surface area (Å²) in [5.74, 6) is -0.945. The van der Waals surface area contributed by atoms with Gasteiger partial charge in [-0.25, -0.2) is 9.18 Å². The first-order chi connectivity index (χ1) is 8.13. The van der Waals surface area contributed by atoms with Crippen LogP contribution in [0, 0.1) is 11.7 Å². The molecule has 1 aromatic rings. The first kappa shape index (κ1) is 11.9. The average Bonchev–Trinajstić information content (AvgIpc) is 2.23. The van der Waals surface area contributed by atoms with Crippen LogP contribution in [0.25, 0.3) is 0 Å². The molecule has 0 aliphatic carbocycles. The summed E-state index contributed by atoms with van der Waals surface area (Å²) >= 11 is 0. The van der Waals surface area contributed by atoms with Crippen molar-refractivity contribution in [3.8, 4) is 0 Å². The van der Waals surface area contributed by atoms with E-state index in [2.05, 4.69) is 6.92 Å². The number of nitrogens with zero attached hydrogens (tertiary/aromatic N) is 1. The molecule has 2 rings (SSSR count). The molecule has 17 heavy (non-hydrogen) atoms. The zero-order chi connectivity index (χ0) is 12.4.